The molecular formula is C23H24N2O5S. The van der Waals surface area contributed by atoms with E-state index in [0.29, 0.717) is 41.5 Å². The lowest BCUT2D eigenvalue weighted by atomic mass is 10.0. The number of thiocarbonyl (C=S) groups is 1. The second-order valence-electron chi connectivity index (χ2n) is 6.72. The molecular weight excluding hydrogens is 416 g/mol. The Labute approximate surface area is 186 Å². The number of benzene rings is 2. The van der Waals surface area contributed by atoms with E-state index in [-0.39, 0.29) is 10.7 Å². The third kappa shape index (κ3) is 4.25. The van der Waals surface area contributed by atoms with E-state index in [4.69, 9.17) is 26.4 Å². The molecule has 0 saturated carbocycles. The van der Waals surface area contributed by atoms with Crippen molar-refractivity contribution in [1.29, 1.82) is 0 Å². The van der Waals surface area contributed by atoms with Crippen LogP contribution in [0, 0.1) is 0 Å². The number of carbonyl (C=O) groups excluding carboxylic acids is 2. The molecule has 7 nitrogen and oxygen atoms in total. The van der Waals surface area contributed by atoms with Crippen molar-refractivity contribution in [1.82, 2.24) is 4.90 Å². The van der Waals surface area contributed by atoms with E-state index in [9.17, 15) is 9.59 Å². The maximum Gasteiger partial charge on any atom is 0.270 e. The first-order valence-corrected chi connectivity index (χ1v) is 10.1. The van der Waals surface area contributed by atoms with Crippen LogP contribution in [0.25, 0.3) is 6.08 Å². The monoisotopic (exact) mass is 440 g/mol. The zero-order chi connectivity index (χ0) is 22.5. The van der Waals surface area contributed by atoms with Crippen LogP contribution in [0.1, 0.15) is 18.9 Å². The summed E-state index contributed by atoms with van der Waals surface area (Å²) in [5.41, 5.74) is 1.09. The summed E-state index contributed by atoms with van der Waals surface area (Å²) >= 11 is 5.51. The standard InChI is InChI=1S/C23H24N2O5S/c1-5-11-24-21(26)17(22(27)25(23(24)31)16-9-7-6-8-10-16)12-15-13-19(29-3)20(30-4)14-18(15)28-2/h6-10,12-14H,5,11H2,1-4H3/b17-12-. The molecule has 1 aliphatic rings. The number of para-hydroxylation sites is 1. The Bertz CT molecular complexity index is 1040. The molecule has 1 heterocycles. The van der Waals surface area contributed by atoms with Gasteiger partial charge >= 0.3 is 0 Å². The van der Waals surface area contributed by atoms with Crippen molar-refractivity contribution in [3.63, 3.8) is 0 Å². The fourth-order valence-electron chi connectivity index (χ4n) is 3.32. The Kier molecular flexibility index (Phi) is 6.91. The third-order valence-electron chi connectivity index (χ3n) is 4.83. The highest BCUT2D eigenvalue weighted by atomic mass is 32.1. The number of nitrogens with zero attached hydrogens (tertiary/aromatic N) is 2. The van der Waals surface area contributed by atoms with Crippen LogP contribution in [0.5, 0.6) is 17.2 Å². The second-order valence-corrected chi connectivity index (χ2v) is 7.09. The minimum Gasteiger partial charge on any atom is -0.496 e. The highest BCUT2D eigenvalue weighted by Gasteiger charge is 2.40. The minimum absolute atomic E-state index is 0.0172. The molecule has 1 saturated heterocycles. The number of hydrogen-bond acceptors (Lipinski definition) is 6. The molecule has 0 N–H and O–H groups in total. The summed E-state index contributed by atoms with van der Waals surface area (Å²) in [6, 6.07) is 12.3. The fourth-order valence-corrected chi connectivity index (χ4v) is 3.68. The molecule has 1 aliphatic heterocycles. The molecule has 0 bridgehead atoms. The number of methoxy groups -OCH3 is 3. The average molecular weight is 441 g/mol. The maximum absolute atomic E-state index is 13.4. The predicted molar refractivity (Wildman–Crippen MR) is 123 cm³/mol. The Morgan fingerprint density at radius 1 is 0.903 bits per heavy atom. The van der Waals surface area contributed by atoms with Crippen molar-refractivity contribution < 1.29 is 23.8 Å². The quantitative estimate of drug-likeness (QED) is 0.372. The van der Waals surface area contributed by atoms with Gasteiger partial charge in [0.1, 0.15) is 11.3 Å². The van der Waals surface area contributed by atoms with Crippen LogP contribution in [0.15, 0.2) is 48.0 Å². The predicted octanol–water partition coefficient (Wildman–Crippen LogP) is 3.67. The summed E-state index contributed by atoms with van der Waals surface area (Å²) in [7, 11) is 4.53. The molecule has 162 valence electrons. The Morgan fingerprint density at radius 3 is 2.10 bits per heavy atom. The smallest absolute Gasteiger partial charge is 0.270 e. The SMILES string of the molecule is CCCN1C(=O)/C(=C/c2cc(OC)c(OC)cc2OC)C(=O)N(c2ccccc2)C1=S. The molecule has 31 heavy (non-hydrogen) atoms. The molecule has 0 radical (unpaired) electrons. The first-order chi connectivity index (χ1) is 15.0. The molecule has 2 aromatic carbocycles. The lowest BCUT2D eigenvalue weighted by Crippen LogP contribution is -2.56. The first kappa shape index (κ1) is 22.3. The van der Waals surface area contributed by atoms with Gasteiger partial charge in [0.15, 0.2) is 16.6 Å². The van der Waals surface area contributed by atoms with Crippen LogP contribution in [0.4, 0.5) is 5.69 Å². The molecule has 3 rings (SSSR count). The molecule has 0 unspecified atom stereocenters. The van der Waals surface area contributed by atoms with Crippen LogP contribution >= 0.6 is 12.2 Å². The van der Waals surface area contributed by atoms with E-state index in [2.05, 4.69) is 0 Å². The molecule has 0 spiro atoms. The summed E-state index contributed by atoms with van der Waals surface area (Å²) in [6.07, 6.45) is 2.20. The third-order valence-corrected chi connectivity index (χ3v) is 5.23. The molecule has 0 aromatic heterocycles. The number of ether oxygens (including phenoxy) is 3. The van der Waals surface area contributed by atoms with Crippen molar-refractivity contribution in [3.05, 3.63) is 53.6 Å². The van der Waals surface area contributed by atoms with E-state index in [1.54, 1.807) is 24.3 Å². The van der Waals surface area contributed by atoms with Crippen molar-refractivity contribution in [3.8, 4) is 17.2 Å². The van der Waals surface area contributed by atoms with Gasteiger partial charge in [-0.05, 0) is 42.9 Å². The zero-order valence-corrected chi connectivity index (χ0v) is 18.7. The highest BCUT2D eigenvalue weighted by Crippen LogP contribution is 2.36. The topological polar surface area (TPSA) is 68.3 Å². The molecule has 2 aromatic rings. The van der Waals surface area contributed by atoms with Gasteiger partial charge in [-0.15, -0.1) is 0 Å². The van der Waals surface area contributed by atoms with Crippen molar-refractivity contribution >= 4 is 40.9 Å². The zero-order valence-electron chi connectivity index (χ0n) is 17.9. The number of rotatable bonds is 7. The lowest BCUT2D eigenvalue weighted by Gasteiger charge is -2.36. The van der Waals surface area contributed by atoms with E-state index in [0.717, 1.165) is 0 Å². The maximum atomic E-state index is 13.4. The second kappa shape index (κ2) is 9.61. The van der Waals surface area contributed by atoms with Gasteiger partial charge in [-0.3, -0.25) is 19.4 Å². The minimum atomic E-state index is -0.495. The number of anilines is 1. The van der Waals surface area contributed by atoms with Crippen molar-refractivity contribution in [2.75, 3.05) is 32.8 Å². The Balaban J connectivity index is 2.16. The van der Waals surface area contributed by atoms with Gasteiger partial charge < -0.3 is 14.2 Å². The van der Waals surface area contributed by atoms with Gasteiger partial charge in [0.25, 0.3) is 11.8 Å². The van der Waals surface area contributed by atoms with Crippen LogP contribution in [0.3, 0.4) is 0 Å². The number of hydrogen-bond donors (Lipinski definition) is 0. The molecule has 0 atom stereocenters. The van der Waals surface area contributed by atoms with Crippen molar-refractivity contribution in [2.45, 2.75) is 13.3 Å². The van der Waals surface area contributed by atoms with Crippen LogP contribution in [0.2, 0.25) is 0 Å². The van der Waals surface area contributed by atoms with Gasteiger partial charge in [-0.25, -0.2) is 0 Å². The van der Waals surface area contributed by atoms with Gasteiger partial charge in [-0.1, -0.05) is 25.1 Å². The van der Waals surface area contributed by atoms with Crippen LogP contribution < -0.4 is 19.1 Å². The summed E-state index contributed by atoms with van der Waals surface area (Å²) in [4.78, 5) is 29.5. The first-order valence-electron chi connectivity index (χ1n) is 9.73. The van der Waals surface area contributed by atoms with Gasteiger partial charge in [-0.2, -0.15) is 0 Å². The van der Waals surface area contributed by atoms with Gasteiger partial charge in [0, 0.05) is 18.2 Å². The number of amides is 2. The van der Waals surface area contributed by atoms with Gasteiger partial charge in [0.05, 0.1) is 27.0 Å². The van der Waals surface area contributed by atoms with Crippen molar-refractivity contribution in [2.24, 2.45) is 0 Å². The Morgan fingerprint density at radius 2 is 1.52 bits per heavy atom. The molecule has 1 fully saturated rings. The molecule has 0 aliphatic carbocycles. The largest absolute Gasteiger partial charge is 0.496 e. The summed E-state index contributed by atoms with van der Waals surface area (Å²) in [5.74, 6) is 0.424. The van der Waals surface area contributed by atoms with Crippen LogP contribution in [-0.2, 0) is 9.59 Å². The van der Waals surface area contributed by atoms with E-state index >= 15 is 0 Å². The normalized spacial score (nSPS) is 15.5. The highest BCUT2D eigenvalue weighted by molar-refractivity contribution is 7.80. The fraction of sp³-hybridized carbons (Fsp3) is 0.261. The van der Waals surface area contributed by atoms with E-state index < -0.39 is 11.8 Å². The summed E-state index contributed by atoms with van der Waals surface area (Å²) in [6.45, 7) is 2.34. The van der Waals surface area contributed by atoms with E-state index in [1.807, 2.05) is 25.1 Å². The lowest BCUT2D eigenvalue weighted by molar-refractivity contribution is -0.127. The van der Waals surface area contributed by atoms with Crippen LogP contribution in [-0.4, -0.2) is 49.7 Å². The van der Waals surface area contributed by atoms with E-state index in [1.165, 1.54) is 37.2 Å². The number of carbonyl (C=O) groups is 2. The Hall–Kier alpha value is -3.39. The molecule has 2 amide bonds. The van der Waals surface area contributed by atoms with Gasteiger partial charge in [0.2, 0.25) is 0 Å². The average Bonchev–Trinajstić information content (AvgIpc) is 2.79. The molecule has 8 heteroatoms. The summed E-state index contributed by atoms with van der Waals surface area (Å²) in [5, 5.41) is 0.166. The summed E-state index contributed by atoms with van der Waals surface area (Å²) < 4.78 is 16.1.